The van der Waals surface area contributed by atoms with E-state index in [1.807, 2.05) is 42.5 Å². The third kappa shape index (κ3) is 11.2. The van der Waals surface area contributed by atoms with E-state index in [0.29, 0.717) is 17.6 Å². The molecule has 0 saturated carbocycles. The minimum Gasteiger partial charge on any atom is -0.339 e. The molecule has 0 amide bonds. The van der Waals surface area contributed by atoms with Crippen LogP contribution in [0.15, 0.2) is 173 Å². The maximum absolute atomic E-state index is 12.4. The van der Waals surface area contributed by atoms with Crippen molar-refractivity contribution in [2.45, 2.75) is 26.5 Å². The Hall–Kier alpha value is -7.83. The second-order valence-corrected chi connectivity index (χ2v) is 20.9. The van der Waals surface area contributed by atoms with Crippen LogP contribution in [0.5, 0.6) is 0 Å². The van der Waals surface area contributed by atoms with E-state index in [-0.39, 0.29) is 87.2 Å². The summed E-state index contributed by atoms with van der Waals surface area (Å²) in [6.07, 6.45) is 0. The van der Waals surface area contributed by atoms with E-state index < -0.39 is 40.1 Å². The van der Waals surface area contributed by atoms with E-state index in [1.165, 1.54) is 61.5 Å². The van der Waals surface area contributed by atoms with Gasteiger partial charge in [-0.2, -0.15) is 35.8 Å². The van der Waals surface area contributed by atoms with Gasteiger partial charge in [0.15, 0.2) is 16.6 Å². The van der Waals surface area contributed by atoms with Crippen LogP contribution in [-0.2, 0) is 39.7 Å². The average Bonchev–Trinajstić information content (AvgIpc) is 3.71. The zero-order chi connectivity index (χ0) is 51.4. The third-order valence-electron chi connectivity index (χ3n) is 10.5. The van der Waals surface area contributed by atoms with Crippen LogP contribution in [0, 0.1) is 29.6 Å². The van der Waals surface area contributed by atoms with Crippen molar-refractivity contribution in [2.24, 2.45) is 20.5 Å². The summed E-state index contributed by atoms with van der Waals surface area (Å²) in [5.41, 5.74) is 3.22. The van der Waals surface area contributed by atoms with Crippen LogP contribution in [0.25, 0.3) is 33.0 Å². The summed E-state index contributed by atoms with van der Waals surface area (Å²) in [6, 6.07) is 37.7. The molecule has 0 aliphatic heterocycles. The number of thiophene rings is 1. The number of hydrogen-bond donors (Lipinski definition) is 6. The van der Waals surface area contributed by atoms with Crippen LogP contribution < -0.4 is 10.6 Å². The van der Waals surface area contributed by atoms with Crippen molar-refractivity contribution >= 4 is 109 Å². The van der Waals surface area contributed by atoms with E-state index in [4.69, 9.17) is 5.26 Å². The van der Waals surface area contributed by atoms with Crippen molar-refractivity contribution in [1.29, 1.82) is 10.5 Å². The van der Waals surface area contributed by atoms with Gasteiger partial charge >= 0.3 is 0 Å². The summed E-state index contributed by atoms with van der Waals surface area (Å²) in [6.45, 7) is 1.54. The first-order valence-corrected chi connectivity index (χ1v) is 26.1. The van der Waals surface area contributed by atoms with E-state index in [2.05, 4.69) is 57.6 Å². The summed E-state index contributed by atoms with van der Waals surface area (Å²) in [5.74, 6) is -0.0961. The lowest BCUT2D eigenvalue weighted by molar-refractivity contribution is -0.432. The molecule has 0 aliphatic rings. The Morgan fingerprint density at radius 2 is 1.18 bits per heavy atom. The Kier molecular flexibility index (Phi) is 14.7. The number of nitriles is 2. The fourth-order valence-corrected chi connectivity index (χ4v) is 10.2. The monoisotopic (exact) mass is 1060 g/mol. The molecular formula is C46H31N9O12S5. The second-order valence-electron chi connectivity index (χ2n) is 14.9. The molecule has 0 bridgehead atoms. The number of anilines is 4. The highest BCUT2D eigenvalue weighted by atomic mass is 32.2. The van der Waals surface area contributed by atoms with Gasteiger partial charge in [-0.05, 0) is 95.7 Å². The molecule has 26 heteroatoms. The predicted molar refractivity (Wildman–Crippen MR) is 265 cm³/mol. The number of azo groups is 2. The lowest BCUT2D eigenvalue weighted by Gasteiger charge is -2.16. The van der Waals surface area contributed by atoms with Crippen LogP contribution in [0.4, 0.5) is 44.4 Å². The van der Waals surface area contributed by atoms with Gasteiger partial charge in [0.25, 0.3) is 30.4 Å². The largest absolute Gasteiger partial charge is 0.339 e. The number of fused-ring (bicyclic) bond motifs is 1. The second kappa shape index (κ2) is 20.9. The van der Waals surface area contributed by atoms with E-state index in [9.17, 15) is 49.4 Å². The molecule has 0 fully saturated rings. The molecule has 0 atom stereocenters. The SMILES string of the molecule is Cc1c(C#N)c(Nc2ccc(S(=O)(=O)O)cc2)nc(Nc2ccc(S(=O)(=O)O)cc2)c1/N=N/c1sc(/N=N/c2cc(SOOO)c3cccc(S(=O)(=O)O)c3c2)c(-c2ccc(-c3ccccc3)cc2)c1C#N. The zero-order valence-corrected chi connectivity index (χ0v) is 40.5. The van der Waals surface area contributed by atoms with E-state index in [0.717, 1.165) is 46.7 Å². The van der Waals surface area contributed by atoms with Gasteiger partial charge < -0.3 is 10.6 Å². The molecule has 6 N–H and O–H groups in total. The van der Waals surface area contributed by atoms with Crippen LogP contribution in [0.3, 0.4) is 0 Å². The van der Waals surface area contributed by atoms with Gasteiger partial charge in [-0.1, -0.05) is 83.1 Å². The Labute approximate surface area is 417 Å². The topological polar surface area (TPSA) is 336 Å². The summed E-state index contributed by atoms with van der Waals surface area (Å²) in [4.78, 5) is 3.57. The summed E-state index contributed by atoms with van der Waals surface area (Å²) in [7, 11) is -13.8. The van der Waals surface area contributed by atoms with Gasteiger partial charge in [0.2, 0.25) is 0 Å². The third-order valence-corrected chi connectivity index (χ3v) is 14.7. The summed E-state index contributed by atoms with van der Waals surface area (Å²) >= 11 is 1.40. The number of rotatable bonds is 16. The lowest BCUT2D eigenvalue weighted by Crippen LogP contribution is -2.05. The fourth-order valence-electron chi connectivity index (χ4n) is 7.12. The first kappa shape index (κ1) is 50.6. The van der Waals surface area contributed by atoms with Gasteiger partial charge in [-0.25, -0.2) is 10.2 Å². The molecule has 0 radical (unpaired) electrons. The molecule has 8 aromatic rings. The highest BCUT2D eigenvalue weighted by Gasteiger charge is 2.24. The van der Waals surface area contributed by atoms with Crippen molar-refractivity contribution in [3.63, 3.8) is 0 Å². The highest BCUT2D eigenvalue weighted by molar-refractivity contribution is 7.94. The molecule has 2 aromatic heterocycles. The molecule has 72 heavy (non-hydrogen) atoms. The number of benzene rings is 6. The first-order chi connectivity index (χ1) is 34.4. The lowest BCUT2D eigenvalue weighted by atomic mass is 9.99. The maximum atomic E-state index is 12.4. The molecule has 0 spiro atoms. The van der Waals surface area contributed by atoms with Gasteiger partial charge in [-0.3, -0.25) is 13.7 Å². The molecule has 0 aliphatic carbocycles. The fraction of sp³-hybridized carbons (Fsp3) is 0.0217. The predicted octanol–water partition coefficient (Wildman–Crippen LogP) is 12.2. The normalized spacial score (nSPS) is 12.0. The van der Waals surface area contributed by atoms with Crippen molar-refractivity contribution < 1.29 is 53.5 Å². The van der Waals surface area contributed by atoms with Gasteiger partial charge in [0.05, 0.1) is 33.1 Å². The molecule has 8 rings (SSSR count). The number of hydrogen-bond acceptors (Lipinski definition) is 20. The van der Waals surface area contributed by atoms with E-state index in [1.54, 1.807) is 12.1 Å². The van der Waals surface area contributed by atoms with Gasteiger partial charge in [0.1, 0.15) is 33.3 Å². The van der Waals surface area contributed by atoms with E-state index >= 15 is 0 Å². The first-order valence-electron chi connectivity index (χ1n) is 20.3. The van der Waals surface area contributed by atoms with Crippen molar-refractivity contribution in [3.05, 3.63) is 150 Å². The number of nitrogens with one attached hydrogen (secondary N) is 2. The van der Waals surface area contributed by atoms with Gasteiger partial charge in [0, 0.05) is 32.8 Å². The van der Waals surface area contributed by atoms with Crippen molar-refractivity contribution in [1.82, 2.24) is 4.98 Å². The Morgan fingerprint density at radius 3 is 1.75 bits per heavy atom. The van der Waals surface area contributed by atoms with Crippen LogP contribution in [-0.4, -0.2) is 49.2 Å². The molecule has 21 nitrogen and oxygen atoms in total. The number of nitrogens with zero attached hydrogens (tertiary/aromatic N) is 7. The quantitative estimate of drug-likeness (QED) is 0.0172. The smallest absolute Gasteiger partial charge is 0.295 e. The van der Waals surface area contributed by atoms with Crippen molar-refractivity contribution in [2.75, 3.05) is 10.6 Å². The van der Waals surface area contributed by atoms with Crippen molar-refractivity contribution in [3.8, 4) is 34.4 Å². The van der Waals surface area contributed by atoms with Crippen LogP contribution in [0.2, 0.25) is 0 Å². The standard InChI is InChI=1S/C46H31N9O12S5/c1-26-37(24-47)43(49-30-14-18-33(19-15-30)70(57,58)59)51-44(50-31-16-20-34(21-17-31)71(60,61)62)42(26)53-54-45-38(25-48)41(29-12-10-28(11-13-29)27-6-3-2-4-7-27)46(68-45)55-52-32-22-36-35(39(23-32)69-67-66-56)8-5-9-40(36)72(63,64)65/h2-23,56H,1H3,(H2,49,50,51)(H,57,58,59)(H,60,61,62)(H,63,64,65)/b54-53+,55-52+. The summed E-state index contributed by atoms with van der Waals surface area (Å²) in [5, 5.41) is 58.3. The average molecular weight is 1060 g/mol. The summed E-state index contributed by atoms with van der Waals surface area (Å²) < 4.78 is 106. The number of pyridine rings is 1. The molecule has 362 valence electrons. The minimum atomic E-state index is -4.76. The highest BCUT2D eigenvalue weighted by Crippen LogP contribution is 2.49. The maximum Gasteiger partial charge on any atom is 0.295 e. The van der Waals surface area contributed by atoms with Gasteiger partial charge in [-0.15, -0.1) is 24.8 Å². The molecule has 6 aromatic carbocycles. The van der Waals surface area contributed by atoms with Crippen LogP contribution >= 0.6 is 23.4 Å². The Balaban J connectivity index is 1.28. The Morgan fingerprint density at radius 1 is 0.611 bits per heavy atom. The molecule has 0 saturated heterocycles. The zero-order valence-electron chi connectivity index (χ0n) is 36.4. The Bertz CT molecular complexity index is 3900. The molecule has 2 heterocycles. The number of aromatic nitrogens is 1. The van der Waals surface area contributed by atoms with Crippen LogP contribution in [0.1, 0.15) is 16.7 Å². The molecular weight excluding hydrogens is 1030 g/mol. The molecule has 0 unspecified atom stereocenters. The minimum absolute atomic E-state index is 0.00451.